The van der Waals surface area contributed by atoms with Crippen LogP contribution < -0.4 is 4.87 Å². The van der Waals surface area contributed by atoms with Crippen molar-refractivity contribution in [1.82, 2.24) is 9.47 Å². The summed E-state index contributed by atoms with van der Waals surface area (Å²) in [5.74, 6) is 0.0830. The second kappa shape index (κ2) is 6.34. The lowest BCUT2D eigenvalue weighted by Gasteiger charge is -2.30. The zero-order valence-electron chi connectivity index (χ0n) is 11.2. The Morgan fingerprint density at radius 2 is 2.37 bits per heavy atom. The third-order valence-electron chi connectivity index (χ3n) is 3.50. The number of amides is 1. The summed E-state index contributed by atoms with van der Waals surface area (Å²) < 4.78 is 1.71. The molecule has 6 heteroatoms. The molecule has 2 rings (SSSR count). The zero-order valence-corrected chi connectivity index (χ0v) is 12.0. The Bertz CT molecular complexity index is 494. The highest BCUT2D eigenvalue weighted by Gasteiger charge is 2.21. The van der Waals surface area contributed by atoms with E-state index in [2.05, 4.69) is 0 Å². The maximum atomic E-state index is 12.0. The summed E-state index contributed by atoms with van der Waals surface area (Å²) in [4.78, 5) is 25.3. The molecule has 1 aliphatic rings. The van der Waals surface area contributed by atoms with Gasteiger partial charge >= 0.3 is 4.87 Å². The minimum Gasteiger partial charge on any atom is -0.391 e. The second-order valence-corrected chi connectivity index (χ2v) is 5.85. The number of β-amino-alcohol motifs (C(OH)–C–C–N with tert-alkyl or cyclic N) is 1. The van der Waals surface area contributed by atoms with Gasteiger partial charge in [-0.2, -0.15) is 0 Å². The highest BCUT2D eigenvalue weighted by molar-refractivity contribution is 7.07. The number of hydrogen-bond donors (Lipinski definition) is 1. The van der Waals surface area contributed by atoms with Crippen LogP contribution in [0.4, 0.5) is 0 Å². The maximum Gasteiger partial charge on any atom is 0.307 e. The summed E-state index contributed by atoms with van der Waals surface area (Å²) in [6.07, 6.45) is 2.39. The Hall–Kier alpha value is -1.14. The molecular formula is C13H20N2O3S. The topological polar surface area (TPSA) is 62.5 Å². The first-order chi connectivity index (χ1) is 9.08. The normalized spacial score (nSPS) is 19.7. The van der Waals surface area contributed by atoms with E-state index in [0.717, 1.165) is 25.1 Å². The van der Waals surface area contributed by atoms with E-state index in [1.807, 2.05) is 12.3 Å². The van der Waals surface area contributed by atoms with Crippen molar-refractivity contribution in [3.63, 3.8) is 0 Å². The number of aryl methyl sites for hydroxylation is 1. The quantitative estimate of drug-likeness (QED) is 0.896. The van der Waals surface area contributed by atoms with Crippen molar-refractivity contribution in [2.75, 3.05) is 13.1 Å². The van der Waals surface area contributed by atoms with Gasteiger partial charge in [0.25, 0.3) is 0 Å². The molecule has 0 spiro atoms. The van der Waals surface area contributed by atoms with Gasteiger partial charge in [0.2, 0.25) is 5.91 Å². The molecule has 2 heterocycles. The smallest absolute Gasteiger partial charge is 0.307 e. The molecule has 1 aromatic rings. The van der Waals surface area contributed by atoms with Crippen molar-refractivity contribution < 1.29 is 9.90 Å². The van der Waals surface area contributed by atoms with E-state index in [4.69, 9.17) is 0 Å². The largest absolute Gasteiger partial charge is 0.391 e. The lowest BCUT2D eigenvalue weighted by atomic mass is 10.1. The number of hydrogen-bond acceptors (Lipinski definition) is 4. The van der Waals surface area contributed by atoms with Crippen molar-refractivity contribution in [2.24, 2.45) is 0 Å². The average Bonchev–Trinajstić information content (AvgIpc) is 2.70. The number of piperidine rings is 1. The highest BCUT2D eigenvalue weighted by Crippen LogP contribution is 2.12. The van der Waals surface area contributed by atoms with Crippen LogP contribution in [-0.2, 0) is 11.3 Å². The summed E-state index contributed by atoms with van der Waals surface area (Å²) in [5.41, 5.74) is 0.954. The summed E-state index contributed by atoms with van der Waals surface area (Å²) in [6.45, 7) is 3.70. The summed E-state index contributed by atoms with van der Waals surface area (Å²) >= 11 is 1.20. The standard InChI is InChI=1S/C13H20N2O3S/c1-10-9-19-13(18)15(10)7-3-5-12(17)14-6-2-4-11(16)8-14/h9,11,16H,2-8H2,1H3/t11-/m0/s1. The molecule has 1 atom stereocenters. The first-order valence-electron chi connectivity index (χ1n) is 6.68. The van der Waals surface area contributed by atoms with E-state index in [9.17, 15) is 14.7 Å². The molecule has 0 saturated carbocycles. The molecular weight excluding hydrogens is 264 g/mol. The molecule has 0 unspecified atom stereocenters. The number of aliphatic hydroxyl groups excluding tert-OH is 1. The van der Waals surface area contributed by atoms with E-state index < -0.39 is 0 Å². The van der Waals surface area contributed by atoms with Crippen LogP contribution in [0.5, 0.6) is 0 Å². The molecule has 0 bridgehead atoms. The van der Waals surface area contributed by atoms with Crippen LogP contribution in [0.3, 0.4) is 0 Å². The van der Waals surface area contributed by atoms with Crippen LogP contribution in [0, 0.1) is 6.92 Å². The number of aromatic nitrogens is 1. The number of rotatable bonds is 4. The predicted octanol–water partition coefficient (Wildman–Crippen LogP) is 0.982. The number of likely N-dealkylation sites (tertiary alicyclic amines) is 1. The van der Waals surface area contributed by atoms with Gasteiger partial charge in [-0.15, -0.1) is 0 Å². The van der Waals surface area contributed by atoms with Gasteiger partial charge in [0, 0.05) is 37.1 Å². The molecule has 0 aromatic carbocycles. The average molecular weight is 284 g/mol. The predicted molar refractivity (Wildman–Crippen MR) is 74.4 cm³/mol. The van der Waals surface area contributed by atoms with E-state index in [0.29, 0.717) is 25.9 Å². The Morgan fingerprint density at radius 1 is 1.58 bits per heavy atom. The van der Waals surface area contributed by atoms with E-state index in [1.54, 1.807) is 9.47 Å². The molecule has 19 heavy (non-hydrogen) atoms. The fraction of sp³-hybridized carbons (Fsp3) is 0.692. The Kier molecular flexibility index (Phi) is 4.76. The molecule has 1 N–H and O–H groups in total. The monoisotopic (exact) mass is 284 g/mol. The molecule has 0 radical (unpaired) electrons. The SMILES string of the molecule is Cc1csc(=O)n1CCCC(=O)N1CCC[C@H](O)C1. The molecule has 1 aliphatic heterocycles. The second-order valence-electron chi connectivity index (χ2n) is 5.03. The van der Waals surface area contributed by atoms with Crippen molar-refractivity contribution >= 4 is 17.2 Å². The van der Waals surface area contributed by atoms with Crippen molar-refractivity contribution in [3.8, 4) is 0 Å². The third-order valence-corrected chi connectivity index (χ3v) is 4.38. The van der Waals surface area contributed by atoms with Crippen LogP contribution in [0.25, 0.3) is 0 Å². The van der Waals surface area contributed by atoms with Crippen LogP contribution in [0.1, 0.15) is 31.4 Å². The number of carbonyl (C=O) groups excluding carboxylic acids is 1. The number of carbonyl (C=O) groups is 1. The minimum atomic E-state index is -0.376. The van der Waals surface area contributed by atoms with Crippen molar-refractivity contribution in [1.29, 1.82) is 0 Å². The van der Waals surface area contributed by atoms with Gasteiger partial charge in [0.05, 0.1) is 6.10 Å². The van der Waals surface area contributed by atoms with Crippen molar-refractivity contribution in [2.45, 2.75) is 45.3 Å². The van der Waals surface area contributed by atoms with Gasteiger partial charge in [-0.05, 0) is 26.2 Å². The first-order valence-corrected chi connectivity index (χ1v) is 7.56. The lowest BCUT2D eigenvalue weighted by molar-refractivity contribution is -0.134. The highest BCUT2D eigenvalue weighted by atomic mass is 32.1. The van der Waals surface area contributed by atoms with Gasteiger partial charge in [0.1, 0.15) is 0 Å². The number of thiazole rings is 1. The van der Waals surface area contributed by atoms with Crippen LogP contribution in [0.15, 0.2) is 10.2 Å². The van der Waals surface area contributed by atoms with Crippen LogP contribution in [-0.4, -0.2) is 39.7 Å². The third kappa shape index (κ3) is 3.67. The number of nitrogens with zero attached hydrogens (tertiary/aromatic N) is 2. The van der Waals surface area contributed by atoms with Gasteiger partial charge in [0.15, 0.2) is 0 Å². The van der Waals surface area contributed by atoms with Crippen LogP contribution >= 0.6 is 11.3 Å². The van der Waals surface area contributed by atoms with Gasteiger partial charge < -0.3 is 14.6 Å². The van der Waals surface area contributed by atoms with E-state index in [1.165, 1.54) is 11.3 Å². The van der Waals surface area contributed by atoms with E-state index in [-0.39, 0.29) is 16.9 Å². The molecule has 106 valence electrons. The van der Waals surface area contributed by atoms with Gasteiger partial charge in [-0.25, -0.2) is 0 Å². The molecule has 5 nitrogen and oxygen atoms in total. The molecule has 1 amide bonds. The Balaban J connectivity index is 1.79. The lowest BCUT2D eigenvalue weighted by Crippen LogP contribution is -2.42. The molecule has 0 aliphatic carbocycles. The van der Waals surface area contributed by atoms with Gasteiger partial charge in [-0.3, -0.25) is 9.59 Å². The fourth-order valence-corrected chi connectivity index (χ4v) is 3.16. The van der Waals surface area contributed by atoms with Gasteiger partial charge in [-0.1, -0.05) is 11.3 Å². The van der Waals surface area contributed by atoms with Crippen molar-refractivity contribution in [3.05, 3.63) is 20.7 Å². The fourth-order valence-electron chi connectivity index (χ4n) is 2.40. The first kappa shape index (κ1) is 14.3. The summed E-state index contributed by atoms with van der Waals surface area (Å²) in [6, 6.07) is 0. The summed E-state index contributed by atoms with van der Waals surface area (Å²) in [5, 5.41) is 11.4. The van der Waals surface area contributed by atoms with E-state index >= 15 is 0 Å². The molecule has 1 aromatic heterocycles. The molecule has 1 fully saturated rings. The minimum absolute atomic E-state index is 0.0401. The molecule has 1 saturated heterocycles. The summed E-state index contributed by atoms with van der Waals surface area (Å²) in [7, 11) is 0. The van der Waals surface area contributed by atoms with Crippen LogP contribution in [0.2, 0.25) is 0 Å². The zero-order chi connectivity index (χ0) is 13.8. The number of aliphatic hydroxyl groups is 1. The Morgan fingerprint density at radius 3 is 3.00 bits per heavy atom. The Labute approximate surface area is 116 Å². The maximum absolute atomic E-state index is 12.0.